The lowest BCUT2D eigenvalue weighted by Gasteiger charge is -2.12. The van der Waals surface area contributed by atoms with Gasteiger partial charge in [0.05, 0.1) is 12.7 Å². The molecule has 0 aliphatic heterocycles. The summed E-state index contributed by atoms with van der Waals surface area (Å²) in [6.45, 7) is 0. The van der Waals surface area contributed by atoms with Crippen molar-refractivity contribution in [2.24, 2.45) is 0 Å². The molecule has 2 aromatic heterocycles. The molecule has 1 N–H and O–H groups in total. The number of hydrogen-bond donors (Lipinski definition) is 1. The summed E-state index contributed by atoms with van der Waals surface area (Å²) in [4.78, 5) is 26.5. The van der Waals surface area contributed by atoms with E-state index in [2.05, 4.69) is 15.5 Å². The number of thiophene rings is 1. The normalized spacial score (nSPS) is 12.7. The Morgan fingerprint density at radius 2 is 1.75 bits per heavy atom. The molecule has 0 saturated heterocycles. The van der Waals surface area contributed by atoms with Gasteiger partial charge in [-0.1, -0.05) is 60.3 Å². The van der Waals surface area contributed by atoms with Crippen LogP contribution in [0, 0.1) is 0 Å². The number of nitrogens with zero attached hydrogens (tertiary/aromatic N) is 3. The van der Waals surface area contributed by atoms with E-state index >= 15 is 0 Å². The lowest BCUT2D eigenvalue weighted by atomic mass is 9.95. The molecule has 0 atom stereocenters. The van der Waals surface area contributed by atoms with Crippen LogP contribution in [-0.2, 0) is 22.4 Å². The first-order valence-corrected chi connectivity index (χ1v) is 13.7. The Kier molecular flexibility index (Phi) is 7.48. The molecule has 0 fully saturated rings. The van der Waals surface area contributed by atoms with Crippen LogP contribution in [-0.4, -0.2) is 39.5 Å². The highest BCUT2D eigenvalue weighted by atomic mass is 32.2. The van der Waals surface area contributed by atoms with E-state index in [-0.39, 0.29) is 18.3 Å². The Morgan fingerprint density at radius 1 is 1.03 bits per heavy atom. The van der Waals surface area contributed by atoms with Gasteiger partial charge < -0.3 is 10.1 Å². The van der Waals surface area contributed by atoms with Crippen molar-refractivity contribution in [3.05, 3.63) is 76.7 Å². The number of rotatable bonds is 8. The summed E-state index contributed by atoms with van der Waals surface area (Å²) >= 11 is 2.98. The van der Waals surface area contributed by atoms with Crippen molar-refractivity contribution < 1.29 is 14.3 Å². The SMILES string of the molecule is COC(=O)c1c(NC(=O)CCSc2nnc(-c3ccccc3)n2-c2ccccc2)sc2c1CCCC2. The van der Waals surface area contributed by atoms with Crippen LogP contribution in [0.25, 0.3) is 17.1 Å². The molecule has 1 aliphatic carbocycles. The summed E-state index contributed by atoms with van der Waals surface area (Å²) in [5.41, 5.74) is 3.48. The standard InChI is InChI=1S/C27H26N4O3S2/c1-34-26(33)23-20-14-8-9-15-21(20)36-25(23)28-22(32)16-17-35-27-30-29-24(18-10-4-2-5-11-18)31(27)19-12-6-3-7-13-19/h2-7,10-13H,8-9,14-17H2,1H3,(H,28,32). The van der Waals surface area contributed by atoms with E-state index in [1.54, 1.807) is 0 Å². The number of thioether (sulfide) groups is 1. The summed E-state index contributed by atoms with van der Waals surface area (Å²) in [5.74, 6) is 0.744. The van der Waals surface area contributed by atoms with E-state index in [0.29, 0.717) is 16.3 Å². The van der Waals surface area contributed by atoms with Crippen LogP contribution in [0.4, 0.5) is 5.00 Å². The summed E-state index contributed by atoms with van der Waals surface area (Å²) in [5, 5.41) is 13.2. The van der Waals surface area contributed by atoms with Crippen molar-refractivity contribution in [1.82, 2.24) is 14.8 Å². The van der Waals surface area contributed by atoms with Crippen molar-refractivity contribution in [3.8, 4) is 17.1 Å². The maximum absolute atomic E-state index is 12.8. The number of aromatic nitrogens is 3. The monoisotopic (exact) mass is 518 g/mol. The molecule has 1 amide bonds. The summed E-state index contributed by atoms with van der Waals surface area (Å²) in [7, 11) is 1.38. The van der Waals surface area contributed by atoms with E-state index < -0.39 is 0 Å². The third kappa shape index (κ3) is 5.08. The number of hydrogen-bond acceptors (Lipinski definition) is 7. The Bertz CT molecular complexity index is 1370. The van der Waals surface area contributed by atoms with Gasteiger partial charge in [-0.25, -0.2) is 4.79 Å². The molecule has 2 heterocycles. The molecule has 0 unspecified atom stereocenters. The molecular weight excluding hydrogens is 492 g/mol. The molecule has 7 nitrogen and oxygen atoms in total. The van der Waals surface area contributed by atoms with Crippen molar-refractivity contribution >= 4 is 40.0 Å². The molecule has 4 aromatic rings. The lowest BCUT2D eigenvalue weighted by Crippen LogP contribution is -2.15. The molecule has 5 rings (SSSR count). The zero-order chi connectivity index (χ0) is 24.9. The first-order valence-electron chi connectivity index (χ1n) is 11.9. The predicted molar refractivity (Wildman–Crippen MR) is 143 cm³/mol. The van der Waals surface area contributed by atoms with Gasteiger partial charge in [0.2, 0.25) is 5.91 Å². The molecule has 0 spiro atoms. The maximum atomic E-state index is 12.8. The Morgan fingerprint density at radius 3 is 2.50 bits per heavy atom. The maximum Gasteiger partial charge on any atom is 0.341 e. The Hall–Kier alpha value is -3.43. The fraction of sp³-hybridized carbons (Fsp3) is 0.259. The van der Waals surface area contributed by atoms with Gasteiger partial charge in [0, 0.05) is 28.3 Å². The number of nitrogens with one attached hydrogen (secondary N) is 1. The number of benzene rings is 2. The van der Waals surface area contributed by atoms with Crippen LogP contribution in [0.1, 0.15) is 40.1 Å². The average Bonchev–Trinajstić information content (AvgIpc) is 3.50. The first-order chi connectivity index (χ1) is 17.7. The van der Waals surface area contributed by atoms with Gasteiger partial charge >= 0.3 is 5.97 Å². The summed E-state index contributed by atoms with van der Waals surface area (Å²) in [6.07, 6.45) is 4.21. The third-order valence-corrected chi connectivity index (χ3v) is 8.19. The van der Waals surface area contributed by atoms with E-state index in [4.69, 9.17) is 4.74 Å². The third-order valence-electron chi connectivity index (χ3n) is 6.05. The highest BCUT2D eigenvalue weighted by Crippen LogP contribution is 2.38. The fourth-order valence-electron chi connectivity index (χ4n) is 4.34. The largest absolute Gasteiger partial charge is 0.465 e. The number of aryl methyl sites for hydroxylation is 1. The van der Waals surface area contributed by atoms with Crippen LogP contribution < -0.4 is 5.32 Å². The van der Waals surface area contributed by atoms with E-state index in [9.17, 15) is 9.59 Å². The van der Waals surface area contributed by atoms with Gasteiger partial charge in [0.15, 0.2) is 11.0 Å². The van der Waals surface area contributed by atoms with Gasteiger partial charge in [-0.3, -0.25) is 9.36 Å². The van der Waals surface area contributed by atoms with Crippen LogP contribution in [0.3, 0.4) is 0 Å². The predicted octanol–water partition coefficient (Wildman–Crippen LogP) is 5.78. The molecule has 9 heteroatoms. The Labute approximate surface area is 217 Å². The van der Waals surface area contributed by atoms with Crippen molar-refractivity contribution in [2.75, 3.05) is 18.2 Å². The van der Waals surface area contributed by atoms with Gasteiger partial charge in [0.25, 0.3) is 0 Å². The lowest BCUT2D eigenvalue weighted by molar-refractivity contribution is -0.115. The molecule has 36 heavy (non-hydrogen) atoms. The second kappa shape index (κ2) is 11.1. The molecule has 1 aliphatic rings. The van der Waals surface area contributed by atoms with Gasteiger partial charge in [0.1, 0.15) is 5.00 Å². The van der Waals surface area contributed by atoms with Gasteiger partial charge in [-0.2, -0.15) is 0 Å². The zero-order valence-electron chi connectivity index (χ0n) is 19.9. The highest BCUT2D eigenvalue weighted by molar-refractivity contribution is 7.99. The molecule has 2 aromatic carbocycles. The summed E-state index contributed by atoms with van der Waals surface area (Å²) in [6, 6.07) is 19.9. The van der Waals surface area contributed by atoms with E-state index in [1.807, 2.05) is 65.2 Å². The van der Waals surface area contributed by atoms with E-state index in [1.165, 1.54) is 35.1 Å². The number of methoxy groups -OCH3 is 1. The first kappa shape index (κ1) is 24.3. The smallest absolute Gasteiger partial charge is 0.341 e. The van der Waals surface area contributed by atoms with Crippen LogP contribution in [0.5, 0.6) is 0 Å². The average molecular weight is 519 g/mol. The quantitative estimate of drug-likeness (QED) is 0.235. The minimum Gasteiger partial charge on any atom is -0.465 e. The number of fused-ring (bicyclic) bond motifs is 1. The minimum atomic E-state index is -0.386. The molecule has 0 bridgehead atoms. The summed E-state index contributed by atoms with van der Waals surface area (Å²) < 4.78 is 7.02. The van der Waals surface area contributed by atoms with Crippen molar-refractivity contribution in [1.29, 1.82) is 0 Å². The molecule has 184 valence electrons. The number of carbonyl (C=O) groups is 2. The Balaban J connectivity index is 1.31. The van der Waals surface area contributed by atoms with Crippen LogP contribution in [0.15, 0.2) is 65.8 Å². The number of anilines is 1. The highest BCUT2D eigenvalue weighted by Gasteiger charge is 2.27. The fourth-order valence-corrected chi connectivity index (χ4v) is 6.53. The number of para-hydroxylation sites is 1. The minimum absolute atomic E-state index is 0.139. The van der Waals surface area contributed by atoms with Crippen molar-refractivity contribution in [3.63, 3.8) is 0 Å². The number of amides is 1. The van der Waals surface area contributed by atoms with Crippen molar-refractivity contribution in [2.45, 2.75) is 37.3 Å². The van der Waals surface area contributed by atoms with Gasteiger partial charge in [-0.15, -0.1) is 21.5 Å². The number of carbonyl (C=O) groups excluding carboxylic acids is 2. The number of ether oxygens (including phenoxy) is 1. The zero-order valence-corrected chi connectivity index (χ0v) is 21.5. The van der Waals surface area contributed by atoms with Crippen LogP contribution in [0.2, 0.25) is 0 Å². The molecule has 0 radical (unpaired) electrons. The second-order valence-corrected chi connectivity index (χ2v) is 10.6. The van der Waals surface area contributed by atoms with Gasteiger partial charge in [-0.05, 0) is 43.4 Å². The number of esters is 1. The molecular formula is C27H26N4O3S2. The topological polar surface area (TPSA) is 86.1 Å². The second-order valence-electron chi connectivity index (χ2n) is 8.40. The van der Waals surface area contributed by atoms with E-state index in [0.717, 1.165) is 53.5 Å². The molecule has 0 saturated carbocycles. The van der Waals surface area contributed by atoms with Crippen LogP contribution >= 0.6 is 23.1 Å².